The molecule has 2 atom stereocenters. The molecular formula is C16H24FN3O. The highest BCUT2D eigenvalue weighted by Crippen LogP contribution is 2.59. The molecule has 1 aliphatic rings. The molecule has 1 aromatic carbocycles. The Hall–Kier alpha value is -1.62. The molecule has 116 valence electrons. The largest absolute Gasteiger partial charge is 0.396 e. The van der Waals surface area contributed by atoms with Crippen molar-refractivity contribution in [3.8, 4) is 0 Å². The first-order valence-corrected chi connectivity index (χ1v) is 7.20. The minimum Gasteiger partial charge on any atom is -0.396 e. The van der Waals surface area contributed by atoms with Crippen LogP contribution in [0.2, 0.25) is 0 Å². The number of nitrogens with one attached hydrogen (secondary N) is 1. The summed E-state index contributed by atoms with van der Waals surface area (Å²) in [5, 5.41) is 12.8. The van der Waals surface area contributed by atoms with Crippen LogP contribution in [0.3, 0.4) is 0 Å². The summed E-state index contributed by atoms with van der Waals surface area (Å²) < 4.78 is 13.0. The average molecular weight is 293 g/mol. The van der Waals surface area contributed by atoms with E-state index in [0.29, 0.717) is 12.5 Å². The van der Waals surface area contributed by atoms with Crippen molar-refractivity contribution >= 4 is 5.96 Å². The van der Waals surface area contributed by atoms with Crippen molar-refractivity contribution in [1.29, 1.82) is 0 Å². The van der Waals surface area contributed by atoms with Gasteiger partial charge in [0.15, 0.2) is 5.96 Å². The molecule has 0 radical (unpaired) electrons. The Morgan fingerprint density at radius 2 is 2.05 bits per heavy atom. The van der Waals surface area contributed by atoms with Crippen LogP contribution in [0.1, 0.15) is 38.7 Å². The molecule has 0 saturated heterocycles. The van der Waals surface area contributed by atoms with Gasteiger partial charge in [0.1, 0.15) is 5.82 Å². The number of aliphatic imine (C=N–C) groups is 1. The third kappa shape index (κ3) is 3.94. The predicted molar refractivity (Wildman–Crippen MR) is 82.7 cm³/mol. The third-order valence-corrected chi connectivity index (χ3v) is 3.84. The minimum absolute atomic E-state index is 0.0569. The SMILES string of the molecule is CC(C)(C)NC(N)=NCC1(CO)CC1c1ccc(F)cc1. The summed E-state index contributed by atoms with van der Waals surface area (Å²) in [4.78, 5) is 4.36. The van der Waals surface area contributed by atoms with Crippen molar-refractivity contribution in [2.75, 3.05) is 13.2 Å². The second-order valence-corrected chi connectivity index (χ2v) is 6.91. The highest BCUT2D eigenvalue weighted by molar-refractivity contribution is 5.78. The van der Waals surface area contributed by atoms with E-state index >= 15 is 0 Å². The number of rotatable bonds is 4. The fraction of sp³-hybridized carbons (Fsp3) is 0.562. The molecule has 0 spiro atoms. The van der Waals surface area contributed by atoms with Crippen molar-refractivity contribution < 1.29 is 9.50 Å². The Labute approximate surface area is 125 Å². The zero-order chi connectivity index (χ0) is 15.7. The van der Waals surface area contributed by atoms with Gasteiger partial charge in [0.25, 0.3) is 0 Å². The highest BCUT2D eigenvalue weighted by atomic mass is 19.1. The standard InChI is InChI=1S/C16H24FN3O/c1-15(2,3)20-14(18)19-9-16(10-21)8-13(16)11-4-6-12(17)7-5-11/h4-7,13,21H,8-10H2,1-3H3,(H3,18,19,20). The van der Waals surface area contributed by atoms with E-state index < -0.39 is 0 Å². The fourth-order valence-corrected chi connectivity index (χ4v) is 2.58. The van der Waals surface area contributed by atoms with Crippen LogP contribution in [0.4, 0.5) is 4.39 Å². The van der Waals surface area contributed by atoms with E-state index in [1.165, 1.54) is 12.1 Å². The number of aliphatic hydroxyl groups excluding tert-OH is 1. The quantitative estimate of drug-likeness (QED) is 0.587. The molecule has 1 aromatic rings. The summed E-state index contributed by atoms with van der Waals surface area (Å²) in [6, 6.07) is 6.46. The molecule has 0 amide bonds. The van der Waals surface area contributed by atoms with Crippen molar-refractivity contribution in [3.05, 3.63) is 35.6 Å². The van der Waals surface area contributed by atoms with Gasteiger partial charge in [0.2, 0.25) is 0 Å². The zero-order valence-corrected chi connectivity index (χ0v) is 12.9. The van der Waals surface area contributed by atoms with Gasteiger partial charge in [-0.2, -0.15) is 0 Å². The summed E-state index contributed by atoms with van der Waals surface area (Å²) in [6.45, 7) is 6.56. The molecule has 2 rings (SSSR count). The van der Waals surface area contributed by atoms with Gasteiger partial charge in [-0.1, -0.05) is 12.1 Å². The summed E-state index contributed by atoms with van der Waals surface area (Å²) in [5.74, 6) is 0.361. The van der Waals surface area contributed by atoms with Gasteiger partial charge in [-0.05, 0) is 50.8 Å². The molecule has 1 fully saturated rings. The number of nitrogens with two attached hydrogens (primary N) is 1. The molecule has 4 N–H and O–H groups in total. The second-order valence-electron chi connectivity index (χ2n) is 6.91. The maximum atomic E-state index is 13.0. The lowest BCUT2D eigenvalue weighted by atomic mass is 10.00. The average Bonchev–Trinajstić information content (AvgIpc) is 3.11. The maximum absolute atomic E-state index is 13.0. The van der Waals surface area contributed by atoms with Crippen LogP contribution in [-0.4, -0.2) is 29.8 Å². The van der Waals surface area contributed by atoms with Gasteiger partial charge in [0, 0.05) is 11.0 Å². The molecule has 0 aliphatic heterocycles. The van der Waals surface area contributed by atoms with Crippen LogP contribution in [0, 0.1) is 11.2 Å². The van der Waals surface area contributed by atoms with Crippen LogP contribution < -0.4 is 11.1 Å². The lowest BCUT2D eigenvalue weighted by Crippen LogP contribution is -2.45. The summed E-state index contributed by atoms with van der Waals surface area (Å²) in [6.07, 6.45) is 0.849. The second kappa shape index (κ2) is 5.64. The summed E-state index contributed by atoms with van der Waals surface area (Å²) >= 11 is 0. The molecule has 0 heterocycles. The van der Waals surface area contributed by atoms with Crippen molar-refractivity contribution in [2.45, 2.75) is 38.6 Å². The number of halogens is 1. The molecule has 1 saturated carbocycles. The molecule has 1 aliphatic carbocycles. The lowest BCUT2D eigenvalue weighted by molar-refractivity contribution is 0.212. The van der Waals surface area contributed by atoms with Crippen LogP contribution >= 0.6 is 0 Å². The van der Waals surface area contributed by atoms with Gasteiger partial charge in [-0.3, -0.25) is 4.99 Å². The predicted octanol–water partition coefficient (Wildman–Crippen LogP) is 1.99. The highest BCUT2D eigenvalue weighted by Gasteiger charge is 2.54. The zero-order valence-electron chi connectivity index (χ0n) is 12.9. The van der Waals surface area contributed by atoms with Gasteiger partial charge in [-0.15, -0.1) is 0 Å². The topological polar surface area (TPSA) is 70.6 Å². The van der Waals surface area contributed by atoms with Crippen molar-refractivity contribution in [1.82, 2.24) is 5.32 Å². The Morgan fingerprint density at radius 3 is 2.57 bits per heavy atom. The maximum Gasteiger partial charge on any atom is 0.189 e. The van der Waals surface area contributed by atoms with E-state index in [-0.39, 0.29) is 29.3 Å². The first kappa shape index (κ1) is 15.8. The number of benzene rings is 1. The smallest absolute Gasteiger partial charge is 0.189 e. The van der Waals surface area contributed by atoms with E-state index in [2.05, 4.69) is 10.3 Å². The fourth-order valence-electron chi connectivity index (χ4n) is 2.58. The lowest BCUT2D eigenvalue weighted by Gasteiger charge is -2.21. The number of aliphatic hydroxyl groups is 1. The van der Waals surface area contributed by atoms with Gasteiger partial charge in [-0.25, -0.2) is 4.39 Å². The number of hydrogen-bond acceptors (Lipinski definition) is 2. The molecule has 5 heteroatoms. The molecular weight excluding hydrogens is 269 g/mol. The molecule has 21 heavy (non-hydrogen) atoms. The Kier molecular flexibility index (Phi) is 4.23. The summed E-state index contributed by atoms with van der Waals surface area (Å²) in [7, 11) is 0. The minimum atomic E-state index is -0.262. The molecule has 2 unspecified atom stereocenters. The normalized spacial score (nSPS) is 25.8. The van der Waals surface area contributed by atoms with Crippen LogP contribution in [0.25, 0.3) is 0 Å². The van der Waals surface area contributed by atoms with Crippen LogP contribution in [0.5, 0.6) is 0 Å². The summed E-state index contributed by atoms with van der Waals surface area (Å²) in [5.41, 5.74) is 6.50. The number of hydrogen-bond donors (Lipinski definition) is 3. The van der Waals surface area contributed by atoms with E-state index in [1.807, 2.05) is 20.8 Å². The number of guanidine groups is 1. The molecule has 0 aromatic heterocycles. The molecule has 0 bridgehead atoms. The first-order chi connectivity index (χ1) is 9.76. The van der Waals surface area contributed by atoms with E-state index in [9.17, 15) is 9.50 Å². The number of nitrogens with zero attached hydrogens (tertiary/aromatic N) is 1. The van der Waals surface area contributed by atoms with Crippen molar-refractivity contribution in [2.24, 2.45) is 16.1 Å². The van der Waals surface area contributed by atoms with Crippen LogP contribution in [-0.2, 0) is 0 Å². The Bertz CT molecular complexity index is 521. The van der Waals surface area contributed by atoms with Gasteiger partial charge >= 0.3 is 0 Å². The van der Waals surface area contributed by atoms with E-state index in [1.54, 1.807) is 12.1 Å². The monoisotopic (exact) mass is 293 g/mol. The van der Waals surface area contributed by atoms with Crippen LogP contribution in [0.15, 0.2) is 29.3 Å². The van der Waals surface area contributed by atoms with E-state index in [4.69, 9.17) is 5.73 Å². The first-order valence-electron chi connectivity index (χ1n) is 7.20. The Morgan fingerprint density at radius 1 is 1.43 bits per heavy atom. The molecule has 4 nitrogen and oxygen atoms in total. The Balaban J connectivity index is 2.02. The van der Waals surface area contributed by atoms with Gasteiger partial charge < -0.3 is 16.2 Å². The van der Waals surface area contributed by atoms with Gasteiger partial charge in [0.05, 0.1) is 13.2 Å². The van der Waals surface area contributed by atoms with E-state index in [0.717, 1.165) is 12.0 Å². The third-order valence-electron chi connectivity index (χ3n) is 3.84. The van der Waals surface area contributed by atoms with Crippen molar-refractivity contribution in [3.63, 3.8) is 0 Å².